The highest BCUT2D eigenvalue weighted by Crippen LogP contribution is 2.33. The molecule has 1 atom stereocenters. The quantitative estimate of drug-likeness (QED) is 0.395. The number of rotatable bonds is 7. The van der Waals surface area contributed by atoms with Gasteiger partial charge in [0.2, 0.25) is 0 Å². The highest BCUT2D eigenvalue weighted by molar-refractivity contribution is 7.10. The summed E-state index contributed by atoms with van der Waals surface area (Å²) in [7, 11) is 0. The van der Waals surface area contributed by atoms with Crippen LogP contribution in [-0.4, -0.2) is 23.8 Å². The highest BCUT2D eigenvalue weighted by atomic mass is 32.1. The van der Waals surface area contributed by atoms with Gasteiger partial charge in [0, 0.05) is 4.88 Å². The molecule has 0 amide bonds. The van der Waals surface area contributed by atoms with E-state index in [-0.39, 0.29) is 12.2 Å². The molecule has 32 heavy (non-hydrogen) atoms. The first-order valence-electron chi connectivity index (χ1n) is 10.1. The Hall–Kier alpha value is -3.23. The second-order valence-corrected chi connectivity index (χ2v) is 8.97. The molecule has 8 heteroatoms. The summed E-state index contributed by atoms with van der Waals surface area (Å²) in [6.07, 6.45) is 3.52. The minimum Gasteiger partial charge on any atom is -0.490 e. The lowest BCUT2D eigenvalue weighted by molar-refractivity contribution is -0.139. The van der Waals surface area contributed by atoms with Crippen LogP contribution in [0.4, 0.5) is 0 Å². The van der Waals surface area contributed by atoms with Crippen molar-refractivity contribution in [1.82, 2.24) is 4.57 Å². The Balaban J connectivity index is 1.81. The first kappa shape index (κ1) is 22.0. The Morgan fingerprint density at radius 1 is 1.28 bits per heavy atom. The molecule has 1 aromatic carbocycles. The maximum Gasteiger partial charge on any atom is 0.338 e. The van der Waals surface area contributed by atoms with E-state index in [1.807, 2.05) is 47.9 Å². The Labute approximate surface area is 193 Å². The van der Waals surface area contributed by atoms with E-state index in [0.29, 0.717) is 27.2 Å². The number of esters is 1. The van der Waals surface area contributed by atoms with Crippen molar-refractivity contribution in [3.8, 4) is 5.75 Å². The molecule has 2 aromatic heterocycles. The van der Waals surface area contributed by atoms with E-state index in [0.717, 1.165) is 16.2 Å². The van der Waals surface area contributed by atoms with E-state index in [4.69, 9.17) is 9.47 Å². The zero-order valence-electron chi connectivity index (χ0n) is 17.7. The molecule has 0 radical (unpaired) electrons. The topological polar surface area (TPSA) is 69.9 Å². The standard InChI is InChI=1S/C24H22N2O4S2/c1-4-12-30-17-10-8-16(9-11-17)14-19-22(27)26-21(18-7-6-13-31-18)20(23(28)29-5-2)15(3)25-24(26)32-19/h4,6-11,13-14,21H,1,5,12H2,2-3H3/b19-14+. The van der Waals surface area contributed by atoms with Crippen LogP contribution in [-0.2, 0) is 9.53 Å². The second-order valence-electron chi connectivity index (χ2n) is 6.99. The molecule has 0 saturated heterocycles. The molecule has 0 N–H and O–H groups in total. The first-order chi connectivity index (χ1) is 15.5. The van der Waals surface area contributed by atoms with Gasteiger partial charge in [-0.05, 0) is 49.1 Å². The summed E-state index contributed by atoms with van der Waals surface area (Å²) in [5.74, 6) is 0.285. The van der Waals surface area contributed by atoms with Crippen molar-refractivity contribution in [1.29, 1.82) is 0 Å². The molecular weight excluding hydrogens is 444 g/mol. The third kappa shape index (κ3) is 4.24. The fourth-order valence-electron chi connectivity index (χ4n) is 3.47. The lowest BCUT2D eigenvalue weighted by Gasteiger charge is -2.23. The van der Waals surface area contributed by atoms with Gasteiger partial charge in [0.05, 0.1) is 22.4 Å². The van der Waals surface area contributed by atoms with Crippen molar-refractivity contribution in [2.45, 2.75) is 19.9 Å². The van der Waals surface area contributed by atoms with Crippen LogP contribution in [0.3, 0.4) is 0 Å². The van der Waals surface area contributed by atoms with Crippen molar-refractivity contribution in [3.63, 3.8) is 0 Å². The molecule has 1 aliphatic heterocycles. The third-order valence-electron chi connectivity index (χ3n) is 4.88. The average molecular weight is 467 g/mol. The number of nitrogens with zero attached hydrogens (tertiary/aromatic N) is 2. The molecule has 3 heterocycles. The fraction of sp³-hybridized carbons (Fsp3) is 0.208. The second kappa shape index (κ2) is 9.50. The van der Waals surface area contributed by atoms with E-state index < -0.39 is 12.0 Å². The summed E-state index contributed by atoms with van der Waals surface area (Å²) in [5.41, 5.74) is 1.65. The van der Waals surface area contributed by atoms with Gasteiger partial charge < -0.3 is 9.47 Å². The Kier molecular flexibility index (Phi) is 6.53. The van der Waals surface area contributed by atoms with Crippen LogP contribution >= 0.6 is 22.7 Å². The van der Waals surface area contributed by atoms with Crippen LogP contribution < -0.4 is 19.6 Å². The van der Waals surface area contributed by atoms with Gasteiger partial charge in [-0.25, -0.2) is 9.79 Å². The Morgan fingerprint density at radius 3 is 2.72 bits per heavy atom. The Bertz CT molecular complexity index is 1350. The molecule has 0 bridgehead atoms. The zero-order chi connectivity index (χ0) is 22.7. The van der Waals surface area contributed by atoms with E-state index in [9.17, 15) is 9.59 Å². The van der Waals surface area contributed by atoms with Gasteiger partial charge in [0.1, 0.15) is 18.4 Å². The number of ether oxygens (including phenoxy) is 2. The number of hydrogen-bond donors (Lipinski definition) is 0. The molecular formula is C24H22N2O4S2. The maximum absolute atomic E-state index is 13.4. The monoisotopic (exact) mass is 466 g/mol. The molecule has 1 aliphatic rings. The van der Waals surface area contributed by atoms with Gasteiger partial charge in [0.15, 0.2) is 4.80 Å². The molecule has 6 nitrogen and oxygen atoms in total. The summed E-state index contributed by atoms with van der Waals surface area (Å²) < 4.78 is 12.9. The first-order valence-corrected chi connectivity index (χ1v) is 11.8. The van der Waals surface area contributed by atoms with Crippen LogP contribution in [0.2, 0.25) is 0 Å². The number of allylic oxidation sites excluding steroid dienone is 1. The number of thiophene rings is 1. The summed E-state index contributed by atoms with van der Waals surface area (Å²) in [6.45, 7) is 7.87. The Morgan fingerprint density at radius 2 is 2.06 bits per heavy atom. The van der Waals surface area contributed by atoms with Crippen LogP contribution in [0, 0.1) is 0 Å². The van der Waals surface area contributed by atoms with Crippen molar-refractivity contribution >= 4 is 34.7 Å². The fourth-order valence-corrected chi connectivity index (χ4v) is 5.34. The van der Waals surface area contributed by atoms with Crippen LogP contribution in [0.5, 0.6) is 5.75 Å². The predicted molar refractivity (Wildman–Crippen MR) is 127 cm³/mol. The van der Waals surface area contributed by atoms with Crippen LogP contribution in [0.15, 0.2) is 75.5 Å². The van der Waals surface area contributed by atoms with Gasteiger partial charge in [-0.2, -0.15) is 0 Å². The summed E-state index contributed by atoms with van der Waals surface area (Å²) in [4.78, 5) is 32.2. The van der Waals surface area contributed by atoms with E-state index in [1.54, 1.807) is 24.5 Å². The number of thiazole rings is 1. The SMILES string of the molecule is C=CCOc1ccc(/C=c2/sc3n(c2=O)C(c2cccs2)C(C(=O)OCC)=C(C)N=3)cc1. The smallest absolute Gasteiger partial charge is 0.338 e. The average Bonchev–Trinajstić information content (AvgIpc) is 3.41. The van der Waals surface area contributed by atoms with E-state index >= 15 is 0 Å². The number of aromatic nitrogens is 1. The highest BCUT2D eigenvalue weighted by Gasteiger charge is 2.33. The van der Waals surface area contributed by atoms with E-state index in [1.165, 1.54) is 22.7 Å². The molecule has 0 spiro atoms. The van der Waals surface area contributed by atoms with E-state index in [2.05, 4.69) is 11.6 Å². The number of hydrogen-bond acceptors (Lipinski definition) is 7. The lowest BCUT2D eigenvalue weighted by Crippen LogP contribution is -2.39. The summed E-state index contributed by atoms with van der Waals surface area (Å²) >= 11 is 2.80. The van der Waals surface area contributed by atoms with Gasteiger partial charge in [-0.3, -0.25) is 9.36 Å². The zero-order valence-corrected chi connectivity index (χ0v) is 19.4. The maximum atomic E-state index is 13.4. The largest absolute Gasteiger partial charge is 0.490 e. The molecule has 4 rings (SSSR count). The minimum absolute atomic E-state index is 0.187. The van der Waals surface area contributed by atoms with Gasteiger partial charge >= 0.3 is 5.97 Å². The van der Waals surface area contributed by atoms with Crippen molar-refractivity contribution < 1.29 is 14.3 Å². The van der Waals surface area contributed by atoms with Gasteiger partial charge in [-0.1, -0.05) is 42.2 Å². The molecule has 164 valence electrons. The number of benzene rings is 1. The number of carbonyl (C=O) groups is 1. The molecule has 0 fully saturated rings. The van der Waals surface area contributed by atoms with Crippen molar-refractivity contribution in [2.75, 3.05) is 13.2 Å². The van der Waals surface area contributed by atoms with Crippen molar-refractivity contribution in [3.05, 3.63) is 95.8 Å². The summed E-state index contributed by atoms with van der Waals surface area (Å²) in [5, 5.41) is 1.93. The number of carbonyl (C=O) groups excluding carboxylic acids is 1. The minimum atomic E-state index is -0.554. The molecule has 1 unspecified atom stereocenters. The van der Waals surface area contributed by atoms with Crippen LogP contribution in [0.1, 0.15) is 30.3 Å². The number of fused-ring (bicyclic) bond motifs is 1. The van der Waals surface area contributed by atoms with Crippen LogP contribution in [0.25, 0.3) is 6.08 Å². The van der Waals surface area contributed by atoms with Gasteiger partial charge in [0.25, 0.3) is 5.56 Å². The molecule has 3 aromatic rings. The van der Waals surface area contributed by atoms with Crippen molar-refractivity contribution in [2.24, 2.45) is 4.99 Å². The lowest BCUT2D eigenvalue weighted by atomic mass is 10.0. The predicted octanol–water partition coefficient (Wildman–Crippen LogP) is 3.42. The molecule has 0 aliphatic carbocycles. The summed E-state index contributed by atoms with van der Waals surface area (Å²) in [6, 6.07) is 10.8. The normalized spacial score (nSPS) is 15.8. The van der Waals surface area contributed by atoms with Gasteiger partial charge in [-0.15, -0.1) is 11.3 Å². The molecule has 0 saturated carbocycles. The third-order valence-corrected chi connectivity index (χ3v) is 6.78.